The van der Waals surface area contributed by atoms with E-state index in [1.165, 1.54) is 6.21 Å². The number of urea groups is 1. The highest BCUT2D eigenvalue weighted by atomic mass is 79.9. The summed E-state index contributed by atoms with van der Waals surface area (Å²) in [5.41, 5.74) is 6.27. The number of hydrogen-bond acceptors (Lipinski definition) is 3. The van der Waals surface area contributed by atoms with Crippen molar-refractivity contribution in [2.75, 3.05) is 5.32 Å². The van der Waals surface area contributed by atoms with Gasteiger partial charge in [0.05, 0.1) is 6.21 Å². The maximum absolute atomic E-state index is 11.9. The summed E-state index contributed by atoms with van der Waals surface area (Å²) in [6.07, 6.45) is 1.46. The Balaban J connectivity index is 1.62. The highest BCUT2D eigenvalue weighted by Crippen LogP contribution is 2.30. The van der Waals surface area contributed by atoms with Gasteiger partial charge in [0.15, 0.2) is 0 Å². The van der Waals surface area contributed by atoms with Crippen LogP contribution in [-0.2, 0) is 0 Å². The van der Waals surface area contributed by atoms with Crippen molar-refractivity contribution >= 4 is 33.9 Å². The molecule has 1 aromatic heterocycles. The molecule has 26 heavy (non-hydrogen) atoms. The van der Waals surface area contributed by atoms with Gasteiger partial charge in [-0.05, 0) is 55.3 Å². The number of anilines is 1. The number of carbonyl (C=O) groups is 1. The average molecular weight is 412 g/mol. The Morgan fingerprint density at radius 2 is 1.92 bits per heavy atom. The number of hydrogen-bond donors (Lipinski definition) is 2. The fourth-order valence-electron chi connectivity index (χ4n) is 2.40. The molecule has 0 fully saturated rings. The second-order valence-electron chi connectivity index (χ2n) is 5.82. The zero-order chi connectivity index (χ0) is 18.5. The number of amides is 2. The highest BCUT2D eigenvalue weighted by Gasteiger charge is 2.08. The third kappa shape index (κ3) is 4.40. The van der Waals surface area contributed by atoms with E-state index in [1.54, 1.807) is 6.07 Å². The fraction of sp³-hybridized carbons (Fsp3) is 0.100. The largest absolute Gasteiger partial charge is 0.455 e. The van der Waals surface area contributed by atoms with Crippen molar-refractivity contribution < 1.29 is 9.21 Å². The van der Waals surface area contributed by atoms with Gasteiger partial charge >= 0.3 is 6.03 Å². The molecule has 0 saturated heterocycles. The van der Waals surface area contributed by atoms with E-state index in [0.29, 0.717) is 5.76 Å². The number of nitrogens with zero attached hydrogens (tertiary/aromatic N) is 1. The highest BCUT2D eigenvalue weighted by molar-refractivity contribution is 9.10. The molecule has 2 N–H and O–H groups in total. The Bertz CT molecular complexity index is 963. The van der Waals surface area contributed by atoms with E-state index in [-0.39, 0.29) is 0 Å². The van der Waals surface area contributed by atoms with Gasteiger partial charge in [0.2, 0.25) is 0 Å². The summed E-state index contributed by atoms with van der Waals surface area (Å²) in [6, 6.07) is 16.8. The fourth-order valence-corrected chi connectivity index (χ4v) is 3.09. The second kappa shape index (κ2) is 8.01. The molecule has 1 heterocycles. The molecule has 0 atom stereocenters. The molecule has 0 aliphatic heterocycles. The van der Waals surface area contributed by atoms with Gasteiger partial charge in [0, 0.05) is 15.7 Å². The molecule has 6 heteroatoms. The molecular weight excluding hydrogens is 394 g/mol. The van der Waals surface area contributed by atoms with Crippen molar-refractivity contribution in [3.8, 4) is 11.3 Å². The molecule has 0 spiro atoms. The maximum atomic E-state index is 11.9. The summed E-state index contributed by atoms with van der Waals surface area (Å²) in [7, 11) is 0. The summed E-state index contributed by atoms with van der Waals surface area (Å²) in [5.74, 6) is 1.27. The van der Waals surface area contributed by atoms with Crippen LogP contribution < -0.4 is 10.7 Å². The number of hydrazone groups is 1. The Labute approximate surface area is 160 Å². The first-order valence-corrected chi connectivity index (χ1v) is 8.84. The van der Waals surface area contributed by atoms with Crippen LogP contribution in [0.15, 0.2) is 68.6 Å². The Hall–Kier alpha value is -2.86. The predicted octanol–water partition coefficient (Wildman–Crippen LogP) is 5.48. The average Bonchev–Trinajstić information content (AvgIpc) is 3.05. The topological polar surface area (TPSA) is 66.6 Å². The van der Waals surface area contributed by atoms with Gasteiger partial charge < -0.3 is 9.73 Å². The molecule has 2 amide bonds. The molecule has 2 aromatic carbocycles. The lowest BCUT2D eigenvalue weighted by molar-refractivity contribution is 0.252. The Kier molecular flexibility index (Phi) is 5.53. The lowest BCUT2D eigenvalue weighted by Gasteiger charge is -2.06. The molecule has 3 aromatic rings. The summed E-state index contributed by atoms with van der Waals surface area (Å²) in [5, 5.41) is 6.66. The van der Waals surface area contributed by atoms with Crippen molar-refractivity contribution in [1.29, 1.82) is 0 Å². The van der Waals surface area contributed by atoms with Crippen LogP contribution in [0, 0.1) is 13.8 Å². The van der Waals surface area contributed by atoms with Crippen molar-refractivity contribution in [2.24, 2.45) is 5.10 Å². The first kappa shape index (κ1) is 17.9. The number of furan rings is 1. The number of halogens is 1. The summed E-state index contributed by atoms with van der Waals surface area (Å²) in [4.78, 5) is 11.9. The first-order chi connectivity index (χ1) is 12.5. The SMILES string of the molecule is Cc1ccc(-c2ccc(C=NNC(=O)Nc3ccccc3C)o2)c(Br)c1. The van der Waals surface area contributed by atoms with E-state index in [2.05, 4.69) is 31.8 Å². The molecule has 0 aliphatic rings. The van der Waals surface area contributed by atoms with E-state index >= 15 is 0 Å². The quantitative estimate of drug-likeness (QED) is 0.440. The van der Waals surface area contributed by atoms with Crippen LogP contribution in [0.25, 0.3) is 11.3 Å². The van der Waals surface area contributed by atoms with Gasteiger partial charge in [0.25, 0.3) is 0 Å². The monoisotopic (exact) mass is 411 g/mol. The van der Waals surface area contributed by atoms with Crippen LogP contribution in [0.2, 0.25) is 0 Å². The zero-order valence-electron chi connectivity index (χ0n) is 14.4. The minimum atomic E-state index is -0.413. The van der Waals surface area contributed by atoms with Crippen LogP contribution in [0.3, 0.4) is 0 Å². The number of nitrogens with one attached hydrogen (secondary N) is 2. The molecule has 0 unspecified atom stereocenters. The summed E-state index contributed by atoms with van der Waals surface area (Å²) >= 11 is 3.54. The number of rotatable bonds is 4. The zero-order valence-corrected chi connectivity index (χ0v) is 16.0. The molecular formula is C20H18BrN3O2. The number of carbonyl (C=O) groups excluding carboxylic acids is 1. The van der Waals surface area contributed by atoms with E-state index in [9.17, 15) is 4.79 Å². The van der Waals surface area contributed by atoms with Gasteiger partial charge in [0.1, 0.15) is 11.5 Å². The van der Waals surface area contributed by atoms with Gasteiger partial charge in [-0.3, -0.25) is 0 Å². The van der Waals surface area contributed by atoms with E-state index in [1.807, 2.05) is 62.4 Å². The van der Waals surface area contributed by atoms with Crippen molar-refractivity contribution in [1.82, 2.24) is 5.43 Å². The molecule has 0 bridgehead atoms. The number of para-hydroxylation sites is 1. The molecule has 132 valence electrons. The second-order valence-corrected chi connectivity index (χ2v) is 6.68. The van der Waals surface area contributed by atoms with E-state index in [0.717, 1.165) is 32.6 Å². The molecule has 0 radical (unpaired) electrons. The number of aryl methyl sites for hydroxylation is 2. The minimum Gasteiger partial charge on any atom is -0.455 e. The molecule has 5 nitrogen and oxygen atoms in total. The molecule has 0 aliphatic carbocycles. The molecule has 3 rings (SSSR count). The van der Waals surface area contributed by atoms with Crippen LogP contribution >= 0.6 is 15.9 Å². The van der Waals surface area contributed by atoms with Crippen LogP contribution in [-0.4, -0.2) is 12.2 Å². The van der Waals surface area contributed by atoms with Crippen molar-refractivity contribution in [3.05, 3.63) is 76.0 Å². The van der Waals surface area contributed by atoms with Gasteiger partial charge in [-0.15, -0.1) is 0 Å². The maximum Gasteiger partial charge on any atom is 0.339 e. The smallest absolute Gasteiger partial charge is 0.339 e. The van der Waals surface area contributed by atoms with Crippen molar-refractivity contribution in [3.63, 3.8) is 0 Å². The van der Waals surface area contributed by atoms with Gasteiger partial charge in [-0.1, -0.05) is 40.2 Å². The number of benzene rings is 2. The predicted molar refractivity (Wildman–Crippen MR) is 108 cm³/mol. The lowest BCUT2D eigenvalue weighted by atomic mass is 10.1. The molecule has 0 saturated carbocycles. The normalized spacial score (nSPS) is 10.9. The third-order valence-corrected chi connectivity index (χ3v) is 4.42. The van der Waals surface area contributed by atoms with Crippen molar-refractivity contribution in [2.45, 2.75) is 13.8 Å². The summed E-state index contributed by atoms with van der Waals surface area (Å²) in [6.45, 7) is 3.95. The first-order valence-electron chi connectivity index (χ1n) is 8.05. The van der Waals surface area contributed by atoms with E-state index in [4.69, 9.17) is 4.42 Å². The minimum absolute atomic E-state index is 0.413. The standard InChI is InChI=1S/C20H18BrN3O2/c1-13-7-9-16(17(21)11-13)19-10-8-15(26-19)12-22-24-20(25)23-18-6-4-3-5-14(18)2/h3-12H,1-2H3,(H2,23,24,25). The van der Waals surface area contributed by atoms with Crippen LogP contribution in [0.1, 0.15) is 16.9 Å². The van der Waals surface area contributed by atoms with Crippen LogP contribution in [0.4, 0.5) is 10.5 Å². The Morgan fingerprint density at radius 3 is 2.69 bits per heavy atom. The van der Waals surface area contributed by atoms with Gasteiger partial charge in [-0.2, -0.15) is 5.10 Å². The van der Waals surface area contributed by atoms with E-state index < -0.39 is 6.03 Å². The van der Waals surface area contributed by atoms with Crippen LogP contribution in [0.5, 0.6) is 0 Å². The van der Waals surface area contributed by atoms with Gasteiger partial charge in [-0.25, -0.2) is 10.2 Å². The third-order valence-electron chi connectivity index (χ3n) is 3.77. The summed E-state index contributed by atoms with van der Waals surface area (Å²) < 4.78 is 6.72. The lowest BCUT2D eigenvalue weighted by Crippen LogP contribution is -2.24. The Morgan fingerprint density at radius 1 is 1.12 bits per heavy atom.